The van der Waals surface area contributed by atoms with Crippen molar-refractivity contribution in [1.29, 1.82) is 0 Å². The maximum Gasteiger partial charge on any atom is 0.274 e. The molecule has 0 radical (unpaired) electrons. The molecule has 1 amide bonds. The van der Waals surface area contributed by atoms with E-state index in [0.29, 0.717) is 33.7 Å². The van der Waals surface area contributed by atoms with Gasteiger partial charge in [-0.05, 0) is 31.2 Å². The average molecular weight is 374 g/mol. The van der Waals surface area contributed by atoms with E-state index in [1.54, 1.807) is 18.2 Å². The second kappa shape index (κ2) is 6.63. The Morgan fingerprint density at radius 3 is 2.85 bits per heavy atom. The van der Waals surface area contributed by atoms with E-state index in [1.807, 2.05) is 23.9 Å². The molecule has 4 rings (SSSR count). The smallest absolute Gasteiger partial charge is 0.274 e. The first-order valence-electron chi connectivity index (χ1n) is 8.97. The lowest BCUT2D eigenvalue weighted by atomic mass is 9.98. The van der Waals surface area contributed by atoms with E-state index in [9.17, 15) is 9.18 Å². The van der Waals surface area contributed by atoms with Crippen molar-refractivity contribution >= 4 is 22.4 Å². The van der Waals surface area contributed by atoms with Crippen molar-refractivity contribution < 1.29 is 9.18 Å². The second-order valence-corrected chi connectivity index (χ2v) is 8.27. The Bertz CT molecular complexity index is 837. The van der Waals surface area contributed by atoms with Gasteiger partial charge < -0.3 is 15.5 Å². The van der Waals surface area contributed by atoms with Crippen LogP contribution < -0.4 is 10.6 Å². The summed E-state index contributed by atoms with van der Waals surface area (Å²) in [5.74, 6) is 0.0295. The number of fused-ring (bicyclic) bond motifs is 2. The molecule has 2 aromatic rings. The van der Waals surface area contributed by atoms with Crippen molar-refractivity contribution in [2.75, 3.05) is 25.5 Å². The van der Waals surface area contributed by atoms with E-state index >= 15 is 0 Å². The molecule has 2 bridgehead atoms. The van der Waals surface area contributed by atoms with E-state index in [4.69, 9.17) is 5.73 Å². The van der Waals surface area contributed by atoms with E-state index in [0.717, 1.165) is 19.3 Å². The summed E-state index contributed by atoms with van der Waals surface area (Å²) in [5, 5.41) is 0.695. The molecule has 1 aromatic carbocycles. The van der Waals surface area contributed by atoms with Crippen molar-refractivity contribution in [3.63, 3.8) is 0 Å². The van der Waals surface area contributed by atoms with E-state index in [1.165, 1.54) is 17.4 Å². The lowest BCUT2D eigenvalue weighted by Gasteiger charge is -2.34. The third-order valence-electron chi connectivity index (χ3n) is 5.54. The van der Waals surface area contributed by atoms with Crippen LogP contribution in [0.4, 0.5) is 9.52 Å². The van der Waals surface area contributed by atoms with Gasteiger partial charge in [0, 0.05) is 38.3 Å². The Labute approximate surface area is 156 Å². The Hall–Kier alpha value is -1.99. The van der Waals surface area contributed by atoms with Crippen LogP contribution in [0.25, 0.3) is 10.4 Å². The number of piperidine rings is 1. The van der Waals surface area contributed by atoms with Crippen molar-refractivity contribution in [3.8, 4) is 10.4 Å². The van der Waals surface area contributed by atoms with Crippen LogP contribution >= 0.6 is 11.3 Å². The molecular formula is C19H23FN4OS. The molecule has 1 aliphatic carbocycles. The molecule has 1 saturated carbocycles. The predicted molar refractivity (Wildman–Crippen MR) is 102 cm³/mol. The average Bonchev–Trinajstić information content (AvgIpc) is 3.34. The monoisotopic (exact) mass is 374 g/mol. The van der Waals surface area contributed by atoms with Crippen LogP contribution in [0.2, 0.25) is 0 Å². The van der Waals surface area contributed by atoms with E-state index < -0.39 is 0 Å². The topological polar surface area (TPSA) is 62.5 Å². The fraction of sp³-hybridized carbons (Fsp3) is 0.474. The highest BCUT2D eigenvalue weighted by atomic mass is 32.1. The number of carbonyl (C=O) groups is 1. The molecule has 26 heavy (non-hydrogen) atoms. The summed E-state index contributed by atoms with van der Waals surface area (Å²) in [6, 6.07) is 6.85. The first kappa shape index (κ1) is 17.4. The fourth-order valence-electron chi connectivity index (χ4n) is 4.31. The molecule has 0 spiro atoms. The largest absolute Gasteiger partial charge is 0.354 e. The third-order valence-corrected chi connectivity index (χ3v) is 6.79. The lowest BCUT2D eigenvalue weighted by Crippen LogP contribution is -2.48. The highest BCUT2D eigenvalue weighted by Gasteiger charge is 2.48. The van der Waals surface area contributed by atoms with Crippen molar-refractivity contribution in [2.24, 2.45) is 11.7 Å². The SMILES string of the molecule is CN(C)c1nc(C(=O)N2[C@@H]3CC[C@@H](C3)[C@H]2CN)c(-c2ccccc2F)s1. The van der Waals surface area contributed by atoms with Gasteiger partial charge in [0.05, 0.1) is 4.88 Å². The molecule has 5 nitrogen and oxygen atoms in total. The van der Waals surface area contributed by atoms with Crippen LogP contribution in [-0.4, -0.2) is 48.5 Å². The Kier molecular flexibility index (Phi) is 4.44. The maximum atomic E-state index is 14.4. The molecule has 1 aromatic heterocycles. The van der Waals surface area contributed by atoms with Crippen LogP contribution in [0.15, 0.2) is 24.3 Å². The summed E-state index contributed by atoms with van der Waals surface area (Å²) in [6.07, 6.45) is 3.18. The molecule has 138 valence electrons. The molecular weight excluding hydrogens is 351 g/mol. The molecule has 2 fully saturated rings. The number of benzene rings is 1. The number of halogens is 1. The molecule has 1 aliphatic heterocycles. The number of rotatable bonds is 4. The van der Waals surface area contributed by atoms with Gasteiger partial charge in [-0.15, -0.1) is 0 Å². The molecule has 2 N–H and O–H groups in total. The zero-order valence-corrected chi connectivity index (χ0v) is 15.8. The zero-order chi connectivity index (χ0) is 18.4. The van der Waals surface area contributed by atoms with Crippen molar-refractivity contribution in [2.45, 2.75) is 31.3 Å². The first-order chi connectivity index (χ1) is 12.5. The molecule has 3 atom stereocenters. The summed E-state index contributed by atoms with van der Waals surface area (Å²) in [6.45, 7) is 0.465. The van der Waals surface area contributed by atoms with Gasteiger partial charge in [0.2, 0.25) is 0 Å². The van der Waals surface area contributed by atoms with Crippen molar-refractivity contribution in [3.05, 3.63) is 35.8 Å². The number of aromatic nitrogens is 1. The number of hydrogen-bond donors (Lipinski definition) is 1. The minimum Gasteiger partial charge on any atom is -0.354 e. The number of hydrogen-bond acceptors (Lipinski definition) is 5. The van der Waals surface area contributed by atoms with Gasteiger partial charge in [-0.1, -0.05) is 29.5 Å². The number of amides is 1. The quantitative estimate of drug-likeness (QED) is 0.894. The van der Waals surface area contributed by atoms with Crippen LogP contribution in [0.1, 0.15) is 29.8 Å². The van der Waals surface area contributed by atoms with Gasteiger partial charge >= 0.3 is 0 Å². The second-order valence-electron chi connectivity index (χ2n) is 7.29. The summed E-state index contributed by atoms with van der Waals surface area (Å²) in [5.41, 5.74) is 6.74. The standard InChI is InChI=1S/C19H23FN4OS/c1-23(2)19-22-16(17(26-19)13-5-3-4-6-14(13)20)18(25)24-12-8-7-11(9-12)15(24)10-21/h3-6,11-12,15H,7-10,21H2,1-2H3/t11-,12+,15+/m0/s1. The minimum atomic E-state index is -0.339. The Balaban J connectivity index is 1.78. The normalized spacial score (nSPS) is 24.3. The highest BCUT2D eigenvalue weighted by Crippen LogP contribution is 2.44. The number of nitrogens with zero attached hydrogens (tertiary/aromatic N) is 3. The van der Waals surface area contributed by atoms with E-state index in [-0.39, 0.29) is 23.8 Å². The minimum absolute atomic E-state index is 0.0687. The predicted octanol–water partition coefficient (Wildman–Crippen LogP) is 2.97. The van der Waals surface area contributed by atoms with E-state index in [2.05, 4.69) is 4.98 Å². The number of likely N-dealkylation sites (tertiary alicyclic amines) is 1. The van der Waals surface area contributed by atoms with Crippen LogP contribution in [-0.2, 0) is 0 Å². The van der Waals surface area contributed by atoms with Crippen LogP contribution in [0, 0.1) is 11.7 Å². The van der Waals surface area contributed by atoms with Gasteiger partial charge in [0.25, 0.3) is 5.91 Å². The zero-order valence-electron chi connectivity index (χ0n) is 15.0. The number of nitrogens with two attached hydrogens (primary N) is 1. The number of thiazole rings is 1. The summed E-state index contributed by atoms with van der Waals surface area (Å²) in [7, 11) is 3.75. The van der Waals surface area contributed by atoms with Gasteiger partial charge in [-0.2, -0.15) is 0 Å². The maximum absolute atomic E-state index is 14.4. The van der Waals surface area contributed by atoms with Gasteiger partial charge in [0.15, 0.2) is 5.13 Å². The Morgan fingerprint density at radius 2 is 2.15 bits per heavy atom. The molecule has 2 aliphatic rings. The van der Waals surface area contributed by atoms with Gasteiger partial charge in [-0.3, -0.25) is 4.79 Å². The highest BCUT2D eigenvalue weighted by molar-refractivity contribution is 7.19. The van der Waals surface area contributed by atoms with Gasteiger partial charge in [0.1, 0.15) is 11.5 Å². The summed E-state index contributed by atoms with van der Waals surface area (Å²) < 4.78 is 14.4. The number of anilines is 1. The molecule has 1 saturated heterocycles. The van der Waals surface area contributed by atoms with Crippen molar-refractivity contribution in [1.82, 2.24) is 9.88 Å². The molecule has 2 heterocycles. The first-order valence-corrected chi connectivity index (χ1v) is 9.78. The lowest BCUT2D eigenvalue weighted by molar-refractivity contribution is 0.0598. The van der Waals surface area contributed by atoms with Gasteiger partial charge in [-0.25, -0.2) is 9.37 Å². The molecule has 7 heteroatoms. The molecule has 0 unspecified atom stereocenters. The Morgan fingerprint density at radius 1 is 1.38 bits per heavy atom. The van der Waals surface area contributed by atoms with Crippen LogP contribution in [0.5, 0.6) is 0 Å². The van der Waals surface area contributed by atoms with Crippen LogP contribution in [0.3, 0.4) is 0 Å². The fourth-order valence-corrected chi connectivity index (χ4v) is 5.32. The summed E-state index contributed by atoms with van der Waals surface area (Å²) >= 11 is 1.35. The summed E-state index contributed by atoms with van der Waals surface area (Å²) in [4.78, 5) is 22.4. The number of carbonyl (C=O) groups excluding carboxylic acids is 1. The third kappa shape index (κ3) is 2.70.